The van der Waals surface area contributed by atoms with Gasteiger partial charge in [0, 0.05) is 37.2 Å². The maximum absolute atomic E-state index is 12.9. The second-order valence-electron chi connectivity index (χ2n) is 8.36. The smallest absolute Gasteiger partial charge is 0.379 e. The fourth-order valence-corrected chi connectivity index (χ4v) is 4.19. The number of alkyl halides is 3. The molecule has 0 spiro atoms. The van der Waals surface area contributed by atoms with E-state index in [0.717, 1.165) is 31.0 Å². The van der Waals surface area contributed by atoms with Gasteiger partial charge in [0.05, 0.1) is 12.2 Å². The van der Waals surface area contributed by atoms with Crippen LogP contribution in [0.25, 0.3) is 0 Å². The number of halogens is 3. The monoisotopic (exact) mass is 472 g/mol. The Bertz CT molecular complexity index is 1130. The second-order valence-corrected chi connectivity index (χ2v) is 8.36. The van der Waals surface area contributed by atoms with E-state index < -0.39 is 11.9 Å². The molecular formula is C24H27F3N6O. The number of hydrogen-bond acceptors (Lipinski definition) is 5. The second kappa shape index (κ2) is 9.76. The van der Waals surface area contributed by atoms with Crippen LogP contribution in [0.15, 0.2) is 54.9 Å². The van der Waals surface area contributed by atoms with Gasteiger partial charge in [-0.3, -0.25) is 9.78 Å². The number of carbonyl (C=O) groups is 1. The molecule has 2 atom stereocenters. The van der Waals surface area contributed by atoms with Gasteiger partial charge in [-0.15, -0.1) is 0 Å². The van der Waals surface area contributed by atoms with Crippen LogP contribution in [-0.2, 0) is 12.7 Å². The van der Waals surface area contributed by atoms with Crippen LogP contribution in [0.1, 0.15) is 40.9 Å². The maximum Gasteiger partial charge on any atom is 0.433 e. The zero-order chi connectivity index (χ0) is 24.3. The molecular weight excluding hydrogens is 445 g/mol. The first-order valence-corrected chi connectivity index (χ1v) is 11.1. The van der Waals surface area contributed by atoms with Gasteiger partial charge >= 0.3 is 6.18 Å². The molecule has 0 bridgehead atoms. The highest BCUT2D eigenvalue weighted by atomic mass is 19.4. The van der Waals surface area contributed by atoms with Crippen molar-refractivity contribution in [2.75, 3.05) is 17.7 Å². The van der Waals surface area contributed by atoms with E-state index in [4.69, 9.17) is 5.73 Å². The number of nitrogens with two attached hydrogens (primary N) is 1. The normalized spacial score (nSPS) is 18.0. The molecule has 0 saturated heterocycles. The topological polar surface area (TPSA) is 97.0 Å². The quantitative estimate of drug-likeness (QED) is 0.410. The minimum absolute atomic E-state index is 0.0227. The van der Waals surface area contributed by atoms with Gasteiger partial charge in [-0.1, -0.05) is 24.3 Å². The van der Waals surface area contributed by atoms with Crippen LogP contribution in [0.3, 0.4) is 0 Å². The largest absolute Gasteiger partial charge is 0.433 e. The van der Waals surface area contributed by atoms with Crippen LogP contribution in [0.4, 0.5) is 30.4 Å². The van der Waals surface area contributed by atoms with Crippen LogP contribution in [-0.4, -0.2) is 34.6 Å². The zero-order valence-corrected chi connectivity index (χ0v) is 18.7. The lowest BCUT2D eigenvalue weighted by molar-refractivity contribution is -0.141. The van der Waals surface area contributed by atoms with Crippen molar-refractivity contribution in [2.24, 2.45) is 5.73 Å². The van der Waals surface area contributed by atoms with Gasteiger partial charge in [0.2, 0.25) is 0 Å². The summed E-state index contributed by atoms with van der Waals surface area (Å²) in [6.45, 7) is 0.211. The number of hydrogen-bond donors (Lipinski definition) is 4. The fraction of sp³-hybridized carbons (Fsp3) is 0.333. The highest BCUT2D eigenvalue weighted by molar-refractivity contribution is 6.05. The first-order chi connectivity index (χ1) is 16.3. The van der Waals surface area contributed by atoms with E-state index in [2.05, 4.69) is 20.9 Å². The van der Waals surface area contributed by atoms with Crippen LogP contribution in [0.2, 0.25) is 0 Å². The van der Waals surface area contributed by atoms with Crippen molar-refractivity contribution in [3.8, 4) is 0 Å². The van der Waals surface area contributed by atoms with Crippen molar-refractivity contribution in [1.82, 2.24) is 14.9 Å². The molecule has 0 aliphatic heterocycles. The van der Waals surface area contributed by atoms with E-state index in [1.165, 1.54) is 12.3 Å². The summed E-state index contributed by atoms with van der Waals surface area (Å²) in [7, 11) is 1.55. The third-order valence-electron chi connectivity index (χ3n) is 5.95. The molecule has 5 N–H and O–H groups in total. The molecule has 2 aromatic heterocycles. The Hall–Kier alpha value is -3.53. The minimum Gasteiger partial charge on any atom is -0.379 e. The van der Waals surface area contributed by atoms with Gasteiger partial charge in [0.25, 0.3) is 5.91 Å². The van der Waals surface area contributed by atoms with Gasteiger partial charge in [-0.2, -0.15) is 13.2 Å². The minimum atomic E-state index is -4.50. The van der Waals surface area contributed by atoms with E-state index >= 15 is 0 Å². The Morgan fingerprint density at radius 2 is 1.94 bits per heavy atom. The lowest BCUT2D eigenvalue weighted by Gasteiger charge is -2.19. The molecule has 2 heterocycles. The number of aromatic nitrogens is 2. The van der Waals surface area contributed by atoms with E-state index in [0.29, 0.717) is 22.6 Å². The van der Waals surface area contributed by atoms with E-state index in [1.54, 1.807) is 17.8 Å². The van der Waals surface area contributed by atoms with E-state index in [-0.39, 0.29) is 24.5 Å². The molecule has 1 amide bonds. The lowest BCUT2D eigenvalue weighted by Crippen LogP contribution is -2.35. The summed E-state index contributed by atoms with van der Waals surface area (Å²) < 4.78 is 40.6. The summed E-state index contributed by atoms with van der Waals surface area (Å²) in [5.74, 6) is 0.219. The predicted octanol–water partition coefficient (Wildman–Crippen LogP) is 4.35. The number of carbonyl (C=O) groups excluding carboxylic acids is 1. The van der Waals surface area contributed by atoms with Crippen LogP contribution >= 0.6 is 0 Å². The molecule has 180 valence electrons. The van der Waals surface area contributed by atoms with Crippen molar-refractivity contribution in [3.05, 3.63) is 71.7 Å². The van der Waals surface area contributed by atoms with Crippen molar-refractivity contribution < 1.29 is 18.0 Å². The summed E-state index contributed by atoms with van der Waals surface area (Å²) in [5.41, 5.74) is 7.64. The average molecular weight is 473 g/mol. The molecule has 34 heavy (non-hydrogen) atoms. The fourth-order valence-electron chi connectivity index (χ4n) is 4.19. The highest BCUT2D eigenvalue weighted by Gasteiger charge is 2.32. The van der Waals surface area contributed by atoms with E-state index in [9.17, 15) is 18.0 Å². The SMILES string of the molecule is CNC(=O)c1c(N[C@H]2CCC[C@H]2N)cn(Cc2ccc(C(F)(F)F)nc2)c1Nc1ccccc1. The molecule has 10 heteroatoms. The number of para-hydroxylation sites is 1. The van der Waals surface area contributed by atoms with Crippen LogP contribution in [0, 0.1) is 0 Å². The number of nitrogens with zero attached hydrogens (tertiary/aromatic N) is 2. The molecule has 4 rings (SSSR count). The lowest BCUT2D eigenvalue weighted by atomic mass is 10.1. The Morgan fingerprint density at radius 3 is 2.53 bits per heavy atom. The first kappa shape index (κ1) is 23.6. The molecule has 1 aliphatic rings. The maximum atomic E-state index is 12.9. The molecule has 3 aromatic rings. The van der Waals surface area contributed by atoms with Crippen molar-refractivity contribution in [2.45, 2.75) is 44.1 Å². The number of rotatable bonds is 7. The highest BCUT2D eigenvalue weighted by Crippen LogP contribution is 2.34. The molecule has 0 unspecified atom stereocenters. The number of anilines is 3. The number of benzene rings is 1. The van der Waals surface area contributed by atoms with Gasteiger partial charge in [0.15, 0.2) is 0 Å². The average Bonchev–Trinajstić information content (AvgIpc) is 3.37. The summed E-state index contributed by atoms with van der Waals surface area (Å²) >= 11 is 0. The Balaban J connectivity index is 1.74. The zero-order valence-electron chi connectivity index (χ0n) is 18.7. The first-order valence-electron chi connectivity index (χ1n) is 11.1. The third kappa shape index (κ3) is 5.17. The third-order valence-corrected chi connectivity index (χ3v) is 5.95. The van der Waals surface area contributed by atoms with Gasteiger partial charge in [0.1, 0.15) is 17.1 Å². The summed E-state index contributed by atoms with van der Waals surface area (Å²) in [5, 5.41) is 9.41. The molecule has 1 fully saturated rings. The summed E-state index contributed by atoms with van der Waals surface area (Å²) in [4.78, 5) is 16.5. The Kier molecular flexibility index (Phi) is 6.78. The van der Waals surface area contributed by atoms with Crippen LogP contribution in [0.5, 0.6) is 0 Å². The van der Waals surface area contributed by atoms with Crippen LogP contribution < -0.4 is 21.7 Å². The molecule has 7 nitrogen and oxygen atoms in total. The number of amides is 1. The predicted molar refractivity (Wildman–Crippen MR) is 125 cm³/mol. The Labute approximate surface area is 195 Å². The summed E-state index contributed by atoms with van der Waals surface area (Å²) in [6, 6.07) is 11.7. The van der Waals surface area contributed by atoms with Gasteiger partial charge in [-0.25, -0.2) is 0 Å². The van der Waals surface area contributed by atoms with Crippen molar-refractivity contribution in [1.29, 1.82) is 0 Å². The van der Waals surface area contributed by atoms with Crippen molar-refractivity contribution >= 4 is 23.1 Å². The Morgan fingerprint density at radius 1 is 1.18 bits per heavy atom. The molecule has 1 aromatic carbocycles. The summed E-state index contributed by atoms with van der Waals surface area (Å²) in [6.07, 6.45) is 1.29. The molecule has 1 saturated carbocycles. The number of nitrogens with one attached hydrogen (secondary N) is 3. The van der Waals surface area contributed by atoms with Crippen molar-refractivity contribution in [3.63, 3.8) is 0 Å². The molecule has 0 radical (unpaired) electrons. The number of pyridine rings is 1. The van der Waals surface area contributed by atoms with Gasteiger partial charge in [-0.05, 0) is 43.0 Å². The standard InChI is InChI=1S/C24H27F3N6O/c1-29-23(34)21-19(32-18-9-5-8-17(18)28)14-33(22(21)31-16-6-3-2-4-7-16)13-15-10-11-20(30-12-15)24(25,26)27/h2-4,6-7,10-12,14,17-18,31-32H,5,8-9,13,28H2,1H3,(H,29,34)/t17-,18+/m1/s1. The molecule has 1 aliphatic carbocycles. The van der Waals surface area contributed by atoms with Gasteiger partial charge < -0.3 is 26.3 Å². The van der Waals surface area contributed by atoms with E-state index in [1.807, 2.05) is 30.3 Å².